The Morgan fingerprint density at radius 3 is 2.15 bits per heavy atom. The lowest BCUT2D eigenvalue weighted by Gasteiger charge is -2.45. The van der Waals surface area contributed by atoms with Gasteiger partial charge in [-0.2, -0.15) is 0 Å². The Kier molecular flexibility index (Phi) is 11.3. The van der Waals surface area contributed by atoms with E-state index < -0.39 is 0 Å². The average molecular weight is 561 g/mol. The summed E-state index contributed by atoms with van der Waals surface area (Å²) in [5, 5.41) is 7.85. The summed E-state index contributed by atoms with van der Waals surface area (Å²) in [6.45, 7) is 8.82. The van der Waals surface area contributed by atoms with E-state index in [2.05, 4.69) is 29.4 Å². The Morgan fingerprint density at radius 1 is 0.974 bits per heavy atom. The van der Waals surface area contributed by atoms with Gasteiger partial charge in [-0.05, 0) is 102 Å². The second-order valence-corrected chi connectivity index (χ2v) is 12.0. The summed E-state index contributed by atoms with van der Waals surface area (Å²) in [5.74, 6) is 0.168. The minimum atomic E-state index is -0.278. The Labute approximate surface area is 240 Å². The van der Waals surface area contributed by atoms with Crippen LogP contribution in [0.15, 0.2) is 24.3 Å². The number of likely N-dealkylation sites (tertiary alicyclic amines) is 1. The first-order valence-electron chi connectivity index (χ1n) is 15.2. The molecule has 0 bridgehead atoms. The van der Waals surface area contributed by atoms with Crippen LogP contribution in [-0.2, 0) is 11.2 Å². The maximum Gasteiger partial charge on any atom is 0.320 e. The molecule has 3 amide bonds. The quantitative estimate of drug-likeness (QED) is 0.429. The molecule has 1 atom stereocenters. The number of rotatable bonds is 9. The van der Waals surface area contributed by atoms with E-state index in [1.165, 1.54) is 0 Å². The molecular weight excluding hydrogens is 512 g/mol. The Balaban J connectivity index is 1.43. The molecule has 39 heavy (non-hydrogen) atoms. The fraction of sp³-hybridized carbons (Fsp3) is 0.733. The van der Waals surface area contributed by atoms with Crippen molar-refractivity contribution in [3.8, 4) is 0 Å². The van der Waals surface area contributed by atoms with Gasteiger partial charge in [-0.15, -0.1) is 0 Å². The number of benzene rings is 1. The molecule has 4 N–H and O–H groups in total. The molecule has 0 spiro atoms. The third-order valence-corrected chi connectivity index (χ3v) is 9.24. The van der Waals surface area contributed by atoms with Crippen molar-refractivity contribution in [2.24, 2.45) is 5.73 Å². The van der Waals surface area contributed by atoms with Gasteiger partial charge < -0.3 is 31.1 Å². The highest BCUT2D eigenvalue weighted by Gasteiger charge is 2.37. The molecule has 3 aliphatic rings. The molecule has 2 heterocycles. The highest BCUT2D eigenvalue weighted by atomic mass is 35.5. The van der Waals surface area contributed by atoms with E-state index in [4.69, 9.17) is 17.3 Å². The molecule has 1 aromatic carbocycles. The number of halogens is 1. The number of amides is 3. The van der Waals surface area contributed by atoms with Crippen LogP contribution in [0, 0.1) is 0 Å². The number of nitrogens with two attached hydrogens (primary N) is 1. The predicted octanol–water partition coefficient (Wildman–Crippen LogP) is 3.62. The molecule has 9 heteroatoms. The van der Waals surface area contributed by atoms with Crippen molar-refractivity contribution in [1.29, 1.82) is 0 Å². The second kappa shape index (κ2) is 14.7. The molecule has 0 aromatic heterocycles. The monoisotopic (exact) mass is 560 g/mol. The van der Waals surface area contributed by atoms with E-state index in [-0.39, 0.29) is 36.1 Å². The third kappa shape index (κ3) is 8.09. The highest BCUT2D eigenvalue weighted by Crippen LogP contribution is 2.26. The SMILES string of the molecule is CCN(CC)C(=O)N(C1CCNCC1)C1CCN(C(=O)[C@@H](Cc2ccc(Cl)cc2)N[C@H]2CC[C@@H](N)CC2)CC1. The van der Waals surface area contributed by atoms with E-state index >= 15 is 0 Å². The van der Waals surface area contributed by atoms with Crippen LogP contribution in [0.3, 0.4) is 0 Å². The zero-order chi connectivity index (χ0) is 27.8. The zero-order valence-electron chi connectivity index (χ0n) is 23.9. The molecule has 4 rings (SSSR count). The van der Waals surface area contributed by atoms with Crippen LogP contribution in [0.1, 0.15) is 70.8 Å². The second-order valence-electron chi connectivity index (χ2n) is 11.6. The van der Waals surface area contributed by atoms with Crippen LogP contribution in [0.25, 0.3) is 0 Å². The van der Waals surface area contributed by atoms with Crippen LogP contribution in [0.2, 0.25) is 5.02 Å². The number of urea groups is 1. The topological polar surface area (TPSA) is 93.9 Å². The lowest BCUT2D eigenvalue weighted by Crippen LogP contribution is -2.59. The number of carbonyl (C=O) groups is 2. The first-order valence-corrected chi connectivity index (χ1v) is 15.6. The van der Waals surface area contributed by atoms with Crippen molar-refractivity contribution in [3.63, 3.8) is 0 Å². The standard InChI is InChI=1S/C30H49ClN6O2/c1-3-35(4-2)30(39)37(26-13-17-33-18-14-26)27-15-19-36(20-16-27)29(38)28(21-22-5-7-23(31)8-6-22)34-25-11-9-24(32)10-12-25/h5-8,24-28,33-34H,3-4,9-21,32H2,1-2H3/t24-,25+,28-/m1/s1. The molecule has 0 radical (unpaired) electrons. The number of hydrogen-bond donors (Lipinski definition) is 3. The molecule has 2 saturated heterocycles. The van der Waals surface area contributed by atoms with Crippen LogP contribution < -0.4 is 16.4 Å². The summed E-state index contributed by atoms with van der Waals surface area (Å²) in [7, 11) is 0. The fourth-order valence-electron chi connectivity index (χ4n) is 6.58. The number of nitrogens with one attached hydrogen (secondary N) is 2. The van der Waals surface area contributed by atoms with Gasteiger partial charge >= 0.3 is 6.03 Å². The van der Waals surface area contributed by atoms with E-state index in [0.717, 1.165) is 83.1 Å². The lowest BCUT2D eigenvalue weighted by molar-refractivity contribution is -0.135. The minimum absolute atomic E-state index is 0.162. The minimum Gasteiger partial charge on any atom is -0.341 e. The molecule has 8 nitrogen and oxygen atoms in total. The summed E-state index contributed by atoms with van der Waals surface area (Å²) in [5.41, 5.74) is 7.25. The van der Waals surface area contributed by atoms with Crippen molar-refractivity contribution < 1.29 is 9.59 Å². The van der Waals surface area contributed by atoms with E-state index in [0.29, 0.717) is 30.6 Å². The maximum atomic E-state index is 13.9. The molecular formula is C30H49ClN6O2. The van der Waals surface area contributed by atoms with Gasteiger partial charge in [0.1, 0.15) is 0 Å². The summed E-state index contributed by atoms with van der Waals surface area (Å²) in [6, 6.07) is 8.73. The van der Waals surface area contributed by atoms with Crippen LogP contribution in [-0.4, -0.2) is 96.1 Å². The molecule has 0 unspecified atom stereocenters. The molecule has 1 aliphatic carbocycles. The first kappa shape index (κ1) is 30.1. The lowest BCUT2D eigenvalue weighted by atomic mass is 9.90. The maximum absolute atomic E-state index is 13.9. The van der Waals surface area contributed by atoms with Crippen LogP contribution in [0.4, 0.5) is 4.79 Å². The summed E-state index contributed by atoms with van der Waals surface area (Å²) >= 11 is 6.12. The summed E-state index contributed by atoms with van der Waals surface area (Å²) in [4.78, 5) is 33.7. The molecule has 1 aromatic rings. The van der Waals surface area contributed by atoms with Gasteiger partial charge in [-0.25, -0.2) is 4.79 Å². The van der Waals surface area contributed by atoms with E-state index in [1.807, 2.05) is 34.1 Å². The predicted molar refractivity (Wildman–Crippen MR) is 158 cm³/mol. The summed E-state index contributed by atoms with van der Waals surface area (Å²) < 4.78 is 0. The molecule has 2 aliphatic heterocycles. The fourth-order valence-corrected chi connectivity index (χ4v) is 6.71. The van der Waals surface area contributed by atoms with Crippen molar-refractivity contribution in [2.45, 2.75) is 102 Å². The Bertz CT molecular complexity index is 905. The Hall–Kier alpha value is -1.87. The van der Waals surface area contributed by atoms with Crippen LogP contribution >= 0.6 is 11.6 Å². The number of nitrogens with zero attached hydrogens (tertiary/aromatic N) is 3. The first-order chi connectivity index (χ1) is 18.9. The Morgan fingerprint density at radius 2 is 1.56 bits per heavy atom. The van der Waals surface area contributed by atoms with Gasteiger partial charge in [0.25, 0.3) is 0 Å². The van der Waals surface area contributed by atoms with Gasteiger partial charge in [0, 0.05) is 55.4 Å². The number of piperidine rings is 2. The number of hydrogen-bond acceptors (Lipinski definition) is 5. The largest absolute Gasteiger partial charge is 0.341 e. The van der Waals surface area contributed by atoms with Crippen molar-refractivity contribution in [1.82, 2.24) is 25.3 Å². The van der Waals surface area contributed by atoms with E-state index in [1.54, 1.807) is 0 Å². The average Bonchev–Trinajstić information content (AvgIpc) is 2.96. The van der Waals surface area contributed by atoms with Gasteiger partial charge in [0.15, 0.2) is 0 Å². The van der Waals surface area contributed by atoms with Crippen molar-refractivity contribution >= 4 is 23.5 Å². The summed E-state index contributed by atoms with van der Waals surface area (Å²) in [6.07, 6.45) is 8.28. The van der Waals surface area contributed by atoms with E-state index in [9.17, 15) is 9.59 Å². The number of carbonyl (C=O) groups excluding carboxylic acids is 2. The normalized spacial score (nSPS) is 23.8. The van der Waals surface area contributed by atoms with Crippen LogP contribution in [0.5, 0.6) is 0 Å². The molecule has 1 saturated carbocycles. The van der Waals surface area contributed by atoms with Gasteiger partial charge in [0.2, 0.25) is 5.91 Å². The zero-order valence-corrected chi connectivity index (χ0v) is 24.7. The third-order valence-electron chi connectivity index (χ3n) is 8.99. The van der Waals surface area contributed by atoms with Gasteiger partial charge in [0.05, 0.1) is 6.04 Å². The molecule has 218 valence electrons. The van der Waals surface area contributed by atoms with Crippen molar-refractivity contribution in [2.75, 3.05) is 39.3 Å². The molecule has 3 fully saturated rings. The van der Waals surface area contributed by atoms with Crippen molar-refractivity contribution in [3.05, 3.63) is 34.9 Å². The smallest absolute Gasteiger partial charge is 0.320 e. The highest BCUT2D eigenvalue weighted by molar-refractivity contribution is 6.30. The van der Waals surface area contributed by atoms with Gasteiger partial charge in [-0.1, -0.05) is 23.7 Å². The van der Waals surface area contributed by atoms with Gasteiger partial charge in [-0.3, -0.25) is 4.79 Å².